The summed E-state index contributed by atoms with van der Waals surface area (Å²) in [6.07, 6.45) is 1.73. The van der Waals surface area contributed by atoms with E-state index in [9.17, 15) is 4.39 Å². The van der Waals surface area contributed by atoms with Crippen LogP contribution in [0, 0.1) is 5.95 Å². The highest BCUT2D eigenvalue weighted by Crippen LogP contribution is 2.36. The molecule has 116 valence electrons. The average Bonchev–Trinajstić information content (AvgIpc) is 2.89. The van der Waals surface area contributed by atoms with Crippen molar-refractivity contribution in [2.24, 2.45) is 0 Å². The molecule has 1 aromatic heterocycles. The maximum Gasteiger partial charge on any atom is 0.521 e. The van der Waals surface area contributed by atoms with E-state index in [0.29, 0.717) is 6.61 Å². The van der Waals surface area contributed by atoms with Crippen molar-refractivity contribution < 1.29 is 18.4 Å². The Bertz CT molecular complexity index is 513. The first-order chi connectivity index (χ1) is 9.82. The van der Waals surface area contributed by atoms with E-state index in [-0.39, 0.29) is 11.6 Å². The quantitative estimate of drug-likeness (QED) is 0.764. The van der Waals surface area contributed by atoms with E-state index in [2.05, 4.69) is 10.3 Å². The van der Waals surface area contributed by atoms with E-state index < -0.39 is 24.3 Å². The summed E-state index contributed by atoms with van der Waals surface area (Å²) < 4.78 is 32.9. The van der Waals surface area contributed by atoms with Gasteiger partial charge in [0.25, 0.3) is 0 Å². The molecule has 0 spiro atoms. The molecule has 21 heavy (non-hydrogen) atoms. The van der Waals surface area contributed by atoms with Crippen LogP contribution in [0.5, 0.6) is 0 Å². The topological polar surface area (TPSA) is 58.4 Å². The van der Waals surface area contributed by atoms with Crippen molar-refractivity contribution in [3.8, 4) is 0 Å². The maximum atomic E-state index is 14.6. The minimum Gasteiger partial charge on any atom is -0.398 e. The first-order valence-electron chi connectivity index (χ1n) is 7.36. The molecule has 1 unspecified atom stereocenters. The van der Waals surface area contributed by atoms with Gasteiger partial charge in [0.05, 0.1) is 23.9 Å². The predicted octanol–water partition coefficient (Wildman–Crippen LogP) is 1.07. The van der Waals surface area contributed by atoms with Crippen molar-refractivity contribution in [2.75, 3.05) is 13.2 Å². The molecule has 1 atom stereocenters. The Hall–Kier alpha value is -0.985. The number of rotatable bonds is 2. The second-order valence-electron chi connectivity index (χ2n) is 6.67. The van der Waals surface area contributed by atoms with Gasteiger partial charge in [-0.25, -0.2) is 4.68 Å². The van der Waals surface area contributed by atoms with Crippen LogP contribution in [-0.4, -0.2) is 46.5 Å². The molecule has 3 rings (SSSR count). The lowest BCUT2D eigenvalue weighted by molar-refractivity contribution is 0.00578. The van der Waals surface area contributed by atoms with Gasteiger partial charge in [0.1, 0.15) is 0 Å². The van der Waals surface area contributed by atoms with Crippen LogP contribution in [0.4, 0.5) is 4.39 Å². The van der Waals surface area contributed by atoms with Crippen molar-refractivity contribution in [1.82, 2.24) is 15.0 Å². The minimum absolute atomic E-state index is 0.109. The Morgan fingerprint density at radius 3 is 2.48 bits per heavy atom. The molecule has 3 heterocycles. The first kappa shape index (κ1) is 14.9. The van der Waals surface area contributed by atoms with Crippen LogP contribution in [0.25, 0.3) is 0 Å². The highest BCUT2D eigenvalue weighted by atomic mass is 19.1. The van der Waals surface area contributed by atoms with Gasteiger partial charge >= 0.3 is 7.12 Å². The number of hydrogen-bond donors (Lipinski definition) is 0. The zero-order chi connectivity index (χ0) is 15.3. The van der Waals surface area contributed by atoms with Crippen LogP contribution >= 0.6 is 0 Å². The molecular formula is C13H21BFN3O3. The predicted molar refractivity (Wildman–Crippen MR) is 74.8 cm³/mol. The molecule has 0 saturated carbocycles. The lowest BCUT2D eigenvalue weighted by Crippen LogP contribution is -2.41. The van der Waals surface area contributed by atoms with Gasteiger partial charge in [-0.05, 0) is 40.5 Å². The molecule has 0 radical (unpaired) electrons. The lowest BCUT2D eigenvalue weighted by atomic mass is 9.85. The highest BCUT2D eigenvalue weighted by molar-refractivity contribution is 6.61. The van der Waals surface area contributed by atoms with E-state index in [1.807, 2.05) is 27.7 Å². The molecule has 2 aliphatic rings. The number of ether oxygens (including phenoxy) is 1. The maximum absolute atomic E-state index is 14.6. The Morgan fingerprint density at radius 1 is 1.24 bits per heavy atom. The van der Waals surface area contributed by atoms with Crippen LogP contribution < -0.4 is 5.59 Å². The summed E-state index contributed by atoms with van der Waals surface area (Å²) >= 11 is 0. The number of hydrogen-bond acceptors (Lipinski definition) is 5. The van der Waals surface area contributed by atoms with Gasteiger partial charge in [-0.1, -0.05) is 5.21 Å². The van der Waals surface area contributed by atoms with Crippen molar-refractivity contribution >= 4 is 12.7 Å². The molecule has 6 nitrogen and oxygen atoms in total. The van der Waals surface area contributed by atoms with E-state index >= 15 is 0 Å². The van der Waals surface area contributed by atoms with E-state index in [1.54, 1.807) is 0 Å². The van der Waals surface area contributed by atoms with Crippen LogP contribution in [0.15, 0.2) is 0 Å². The summed E-state index contributed by atoms with van der Waals surface area (Å²) in [5.74, 6) is -0.496. The van der Waals surface area contributed by atoms with Gasteiger partial charge in [-0.15, -0.1) is 5.10 Å². The van der Waals surface area contributed by atoms with E-state index in [4.69, 9.17) is 14.0 Å². The van der Waals surface area contributed by atoms with Crippen LogP contribution in [0.2, 0.25) is 0 Å². The summed E-state index contributed by atoms with van der Waals surface area (Å²) in [6, 6.07) is -0.109. The Kier molecular flexibility index (Phi) is 3.58. The first-order valence-corrected chi connectivity index (χ1v) is 7.36. The fourth-order valence-corrected chi connectivity index (χ4v) is 2.54. The Labute approximate surface area is 124 Å². The SMILES string of the molecule is CC1(C)OB(c2nnn(C3CCCOC3)c2F)OC1(C)C. The van der Waals surface area contributed by atoms with E-state index in [1.165, 1.54) is 4.68 Å². The van der Waals surface area contributed by atoms with Crippen molar-refractivity contribution in [3.05, 3.63) is 5.95 Å². The lowest BCUT2D eigenvalue weighted by Gasteiger charge is -2.32. The van der Waals surface area contributed by atoms with Crippen molar-refractivity contribution in [3.63, 3.8) is 0 Å². The molecule has 0 aromatic carbocycles. The van der Waals surface area contributed by atoms with Crippen molar-refractivity contribution in [1.29, 1.82) is 0 Å². The van der Waals surface area contributed by atoms with Gasteiger partial charge in [0.2, 0.25) is 5.95 Å². The molecule has 0 N–H and O–H groups in total. The third-order valence-electron chi connectivity index (χ3n) is 4.62. The van der Waals surface area contributed by atoms with Crippen molar-refractivity contribution in [2.45, 2.75) is 57.8 Å². The molecule has 1 aromatic rings. The zero-order valence-corrected chi connectivity index (χ0v) is 12.9. The normalized spacial score (nSPS) is 28.0. The average molecular weight is 297 g/mol. The summed E-state index contributed by atoms with van der Waals surface area (Å²) in [5.41, 5.74) is -0.942. The van der Waals surface area contributed by atoms with E-state index in [0.717, 1.165) is 19.4 Å². The van der Waals surface area contributed by atoms with Crippen LogP contribution in [0.1, 0.15) is 46.6 Å². The third-order valence-corrected chi connectivity index (χ3v) is 4.62. The summed E-state index contributed by atoms with van der Waals surface area (Å²) in [4.78, 5) is 0. The number of nitrogens with zero attached hydrogens (tertiary/aromatic N) is 3. The molecule has 2 aliphatic heterocycles. The largest absolute Gasteiger partial charge is 0.521 e. The van der Waals surface area contributed by atoms with Crippen LogP contribution in [-0.2, 0) is 14.0 Å². The molecule has 8 heteroatoms. The summed E-state index contributed by atoms with van der Waals surface area (Å²) in [7, 11) is -0.826. The summed E-state index contributed by atoms with van der Waals surface area (Å²) in [6.45, 7) is 8.86. The zero-order valence-electron chi connectivity index (χ0n) is 12.9. The van der Waals surface area contributed by atoms with Gasteiger partial charge in [0.15, 0.2) is 5.59 Å². The Balaban J connectivity index is 1.83. The van der Waals surface area contributed by atoms with Gasteiger partial charge in [0, 0.05) is 6.61 Å². The van der Waals surface area contributed by atoms with Gasteiger partial charge in [-0.3, -0.25) is 0 Å². The molecule has 0 bridgehead atoms. The number of halogens is 1. The fraction of sp³-hybridized carbons (Fsp3) is 0.846. The highest BCUT2D eigenvalue weighted by Gasteiger charge is 2.54. The third kappa shape index (κ3) is 2.49. The smallest absolute Gasteiger partial charge is 0.398 e. The second kappa shape index (κ2) is 5.03. The molecule has 0 aliphatic carbocycles. The molecule has 2 saturated heterocycles. The second-order valence-corrected chi connectivity index (χ2v) is 6.67. The molecular weight excluding hydrogens is 276 g/mol. The fourth-order valence-electron chi connectivity index (χ4n) is 2.54. The monoisotopic (exact) mass is 297 g/mol. The summed E-state index contributed by atoms with van der Waals surface area (Å²) in [5, 5.41) is 7.87. The van der Waals surface area contributed by atoms with Gasteiger partial charge < -0.3 is 14.0 Å². The van der Waals surface area contributed by atoms with Crippen LogP contribution in [0.3, 0.4) is 0 Å². The standard InChI is InChI=1S/C13H21BFN3O3/c1-12(2)13(3,4)21-14(20-12)10-11(15)18(17-16-10)9-6-5-7-19-8-9/h9H,5-8H2,1-4H3. The Morgan fingerprint density at radius 2 is 1.90 bits per heavy atom. The van der Waals surface area contributed by atoms with Gasteiger partial charge in [-0.2, -0.15) is 4.39 Å². The molecule has 2 fully saturated rings. The minimum atomic E-state index is -0.826. The number of aromatic nitrogens is 3. The molecule has 0 amide bonds.